The molecule has 0 bridgehead atoms. The number of nitrogens with two attached hydrogens (primary N) is 1. The first-order valence-corrected chi connectivity index (χ1v) is 9.65. The SMILES string of the molecule is NP(=O)(Sc1ccccc1)Sc1ccccc1. The van der Waals surface area contributed by atoms with E-state index in [1.165, 1.54) is 22.8 Å². The minimum Gasteiger partial charge on any atom is -0.282 e. The Morgan fingerprint density at radius 1 is 0.765 bits per heavy atom. The summed E-state index contributed by atoms with van der Waals surface area (Å²) < 4.78 is 12.3. The van der Waals surface area contributed by atoms with Crippen molar-refractivity contribution in [3.8, 4) is 0 Å². The minimum atomic E-state index is -2.80. The molecule has 0 aliphatic rings. The molecule has 2 aromatic carbocycles. The lowest BCUT2D eigenvalue weighted by Crippen LogP contribution is -1.85. The Balaban J connectivity index is 2.07. The van der Waals surface area contributed by atoms with Crippen LogP contribution in [-0.2, 0) is 4.57 Å². The van der Waals surface area contributed by atoms with Gasteiger partial charge in [-0.25, -0.2) is 0 Å². The van der Waals surface area contributed by atoms with E-state index in [4.69, 9.17) is 5.50 Å². The summed E-state index contributed by atoms with van der Waals surface area (Å²) in [6.45, 7) is 0. The molecule has 0 saturated carbocycles. The summed E-state index contributed by atoms with van der Waals surface area (Å²) in [5.41, 5.74) is 3.06. The van der Waals surface area contributed by atoms with Gasteiger partial charge in [-0.15, -0.1) is 0 Å². The lowest BCUT2D eigenvalue weighted by atomic mass is 10.4. The molecule has 88 valence electrons. The highest BCUT2D eigenvalue weighted by Gasteiger charge is 2.19. The molecule has 0 radical (unpaired) electrons. The first-order valence-electron chi connectivity index (χ1n) is 5.04. The molecule has 0 saturated heterocycles. The summed E-state index contributed by atoms with van der Waals surface area (Å²) in [6, 6.07) is 19.2. The van der Waals surface area contributed by atoms with Gasteiger partial charge in [-0.1, -0.05) is 36.4 Å². The molecule has 0 aromatic heterocycles. The fraction of sp³-hybridized carbons (Fsp3) is 0. The van der Waals surface area contributed by atoms with E-state index in [0.29, 0.717) is 0 Å². The molecule has 2 nitrogen and oxygen atoms in total. The Labute approximate surface area is 109 Å². The van der Waals surface area contributed by atoms with Crippen molar-refractivity contribution in [2.24, 2.45) is 5.50 Å². The van der Waals surface area contributed by atoms with E-state index < -0.39 is 5.70 Å². The highest BCUT2D eigenvalue weighted by Crippen LogP contribution is 2.67. The predicted octanol–water partition coefficient (Wildman–Crippen LogP) is 4.64. The second-order valence-electron chi connectivity index (χ2n) is 3.35. The van der Waals surface area contributed by atoms with Gasteiger partial charge >= 0.3 is 0 Å². The van der Waals surface area contributed by atoms with Crippen LogP contribution in [0.2, 0.25) is 0 Å². The van der Waals surface area contributed by atoms with Crippen molar-refractivity contribution in [3.63, 3.8) is 0 Å². The summed E-state index contributed by atoms with van der Waals surface area (Å²) in [6.07, 6.45) is 0. The van der Waals surface area contributed by atoms with E-state index in [0.717, 1.165) is 9.79 Å². The molecular weight excluding hydrogens is 269 g/mol. The van der Waals surface area contributed by atoms with Crippen LogP contribution in [0.15, 0.2) is 70.5 Å². The van der Waals surface area contributed by atoms with Gasteiger partial charge in [-0.2, -0.15) is 0 Å². The highest BCUT2D eigenvalue weighted by molar-refractivity contribution is 8.90. The quantitative estimate of drug-likeness (QED) is 0.829. The summed E-state index contributed by atoms with van der Waals surface area (Å²) in [5, 5.41) is 0. The fourth-order valence-electron chi connectivity index (χ4n) is 1.28. The standard InChI is InChI=1S/C12H12NOPS2/c13-15(14,16-11-7-3-1-4-8-11)17-12-9-5-2-6-10-12/h1-10H,(H2,13,14). The molecule has 0 amide bonds. The average molecular weight is 281 g/mol. The molecule has 0 atom stereocenters. The van der Waals surface area contributed by atoms with Gasteiger partial charge in [0.25, 0.3) is 5.70 Å². The molecular formula is C12H12NOPS2. The number of hydrogen-bond acceptors (Lipinski definition) is 3. The van der Waals surface area contributed by atoms with E-state index in [2.05, 4.69) is 0 Å². The minimum absolute atomic E-state index is 0.932. The second kappa shape index (κ2) is 5.78. The molecule has 5 heteroatoms. The van der Waals surface area contributed by atoms with E-state index in [-0.39, 0.29) is 0 Å². The first-order chi connectivity index (χ1) is 8.16. The number of rotatable bonds is 4. The van der Waals surface area contributed by atoms with Gasteiger partial charge in [-0.3, -0.25) is 10.1 Å². The topological polar surface area (TPSA) is 43.1 Å². The predicted molar refractivity (Wildman–Crippen MR) is 76.4 cm³/mol. The zero-order valence-corrected chi connectivity index (χ0v) is 11.6. The maximum absolute atomic E-state index is 12.3. The Morgan fingerprint density at radius 3 is 1.47 bits per heavy atom. The van der Waals surface area contributed by atoms with Crippen LogP contribution in [0, 0.1) is 0 Å². The van der Waals surface area contributed by atoms with E-state index in [1.54, 1.807) is 0 Å². The van der Waals surface area contributed by atoms with Crippen molar-refractivity contribution in [2.45, 2.75) is 9.79 Å². The molecule has 17 heavy (non-hydrogen) atoms. The Hall–Kier alpha value is -0.670. The molecule has 0 spiro atoms. The van der Waals surface area contributed by atoms with Gasteiger partial charge < -0.3 is 0 Å². The maximum atomic E-state index is 12.3. The normalized spacial score (nSPS) is 11.4. The molecule has 2 N–H and O–H groups in total. The molecule has 0 fully saturated rings. The lowest BCUT2D eigenvalue weighted by molar-refractivity contribution is 0.594. The summed E-state index contributed by atoms with van der Waals surface area (Å²) in [7, 11) is 0. The Morgan fingerprint density at radius 2 is 1.12 bits per heavy atom. The van der Waals surface area contributed by atoms with E-state index in [1.807, 2.05) is 60.7 Å². The van der Waals surface area contributed by atoms with Crippen LogP contribution in [0.3, 0.4) is 0 Å². The summed E-state index contributed by atoms with van der Waals surface area (Å²) in [4.78, 5) is 1.86. The van der Waals surface area contributed by atoms with Crippen LogP contribution in [-0.4, -0.2) is 0 Å². The van der Waals surface area contributed by atoms with E-state index in [9.17, 15) is 4.57 Å². The molecule has 2 rings (SSSR count). The van der Waals surface area contributed by atoms with Crippen molar-refractivity contribution in [1.82, 2.24) is 0 Å². The lowest BCUT2D eigenvalue weighted by Gasteiger charge is -2.10. The van der Waals surface area contributed by atoms with Gasteiger partial charge in [0.1, 0.15) is 0 Å². The van der Waals surface area contributed by atoms with Crippen LogP contribution in [0.1, 0.15) is 0 Å². The number of benzene rings is 2. The van der Waals surface area contributed by atoms with Gasteiger partial charge in [0.2, 0.25) is 0 Å². The van der Waals surface area contributed by atoms with Gasteiger partial charge in [0, 0.05) is 9.79 Å². The van der Waals surface area contributed by atoms with E-state index >= 15 is 0 Å². The molecule has 0 aliphatic heterocycles. The fourth-order valence-corrected chi connectivity index (χ4v) is 6.95. The first kappa shape index (κ1) is 12.8. The van der Waals surface area contributed by atoms with Crippen molar-refractivity contribution in [1.29, 1.82) is 0 Å². The average Bonchev–Trinajstić information content (AvgIpc) is 2.30. The third kappa shape index (κ3) is 4.25. The van der Waals surface area contributed by atoms with Crippen molar-refractivity contribution >= 4 is 28.5 Å². The third-order valence-electron chi connectivity index (χ3n) is 1.95. The maximum Gasteiger partial charge on any atom is 0.261 e. The van der Waals surface area contributed by atoms with Crippen LogP contribution >= 0.6 is 28.5 Å². The largest absolute Gasteiger partial charge is 0.282 e. The monoisotopic (exact) mass is 281 g/mol. The molecule has 0 aliphatic carbocycles. The van der Waals surface area contributed by atoms with Crippen molar-refractivity contribution < 1.29 is 4.57 Å². The highest BCUT2D eigenvalue weighted by atomic mass is 33.1. The molecule has 0 unspecified atom stereocenters. The third-order valence-corrected chi connectivity index (χ3v) is 7.56. The zero-order valence-electron chi connectivity index (χ0n) is 9.02. The van der Waals surface area contributed by atoms with Gasteiger partial charge in [0.15, 0.2) is 0 Å². The van der Waals surface area contributed by atoms with Crippen molar-refractivity contribution in [3.05, 3.63) is 60.7 Å². The number of hydrogen-bond donors (Lipinski definition) is 1. The molecule has 0 heterocycles. The van der Waals surface area contributed by atoms with Crippen LogP contribution in [0.25, 0.3) is 0 Å². The Bertz CT molecular complexity index is 473. The second-order valence-corrected chi connectivity index (χ2v) is 10.8. The van der Waals surface area contributed by atoms with Crippen molar-refractivity contribution in [2.75, 3.05) is 0 Å². The zero-order chi connectivity index (χ0) is 12.1. The van der Waals surface area contributed by atoms with Crippen LogP contribution in [0.5, 0.6) is 0 Å². The molecule has 2 aromatic rings. The summed E-state index contributed by atoms with van der Waals surface area (Å²) >= 11 is 2.47. The Kier molecular flexibility index (Phi) is 4.35. The van der Waals surface area contributed by atoms with Crippen LogP contribution in [0.4, 0.5) is 0 Å². The summed E-state index contributed by atoms with van der Waals surface area (Å²) in [5.74, 6) is 0. The van der Waals surface area contributed by atoms with Gasteiger partial charge in [-0.05, 0) is 47.0 Å². The van der Waals surface area contributed by atoms with Gasteiger partial charge in [0.05, 0.1) is 0 Å². The van der Waals surface area contributed by atoms with Crippen LogP contribution < -0.4 is 5.50 Å². The smallest absolute Gasteiger partial charge is 0.261 e.